The summed E-state index contributed by atoms with van der Waals surface area (Å²) in [4.78, 5) is 4.53. The zero-order valence-electron chi connectivity index (χ0n) is 16.1. The number of benzene rings is 2. The molecular weight excluding hydrogens is 376 g/mol. The smallest absolute Gasteiger partial charge is 0.232 e. The molecule has 1 aliphatic rings. The van der Waals surface area contributed by atoms with Crippen LogP contribution in [0.15, 0.2) is 40.9 Å². The van der Waals surface area contributed by atoms with E-state index in [9.17, 15) is 5.11 Å². The third-order valence-electron chi connectivity index (χ3n) is 5.32. The lowest BCUT2D eigenvalue weighted by Crippen LogP contribution is -2.11. The molecule has 2 atom stereocenters. The molecule has 0 radical (unpaired) electrons. The molecule has 2 aromatic carbocycles. The van der Waals surface area contributed by atoms with E-state index in [1.54, 1.807) is 0 Å². The molecule has 150 valence electrons. The summed E-state index contributed by atoms with van der Waals surface area (Å²) in [5, 5.41) is 16.4. The van der Waals surface area contributed by atoms with Crippen molar-refractivity contribution in [1.82, 2.24) is 10.1 Å². The fourth-order valence-electron chi connectivity index (χ4n) is 3.73. The first kappa shape index (κ1) is 20.6. The Kier molecular flexibility index (Phi) is 6.92. The molecule has 6 heteroatoms. The van der Waals surface area contributed by atoms with E-state index in [0.29, 0.717) is 11.7 Å². The Balaban J connectivity index is 0.00000225. The monoisotopic (exact) mass is 402 g/mol. The van der Waals surface area contributed by atoms with Gasteiger partial charge in [0.05, 0.1) is 18.6 Å². The van der Waals surface area contributed by atoms with Gasteiger partial charge in [-0.25, -0.2) is 0 Å². The summed E-state index contributed by atoms with van der Waals surface area (Å²) >= 11 is 0. The van der Waals surface area contributed by atoms with Crippen molar-refractivity contribution in [2.75, 3.05) is 6.61 Å². The van der Waals surface area contributed by atoms with Crippen LogP contribution in [0.1, 0.15) is 57.3 Å². The van der Waals surface area contributed by atoms with Gasteiger partial charge in [-0.3, -0.25) is 0 Å². The lowest BCUT2D eigenvalue weighted by atomic mass is 10.1. The number of halogens is 1. The summed E-state index contributed by atoms with van der Waals surface area (Å²) in [6, 6.07) is 12.3. The average molecular weight is 403 g/mol. The van der Waals surface area contributed by atoms with Crippen LogP contribution in [0.5, 0.6) is 5.75 Å². The van der Waals surface area contributed by atoms with Crippen molar-refractivity contribution < 1.29 is 14.4 Å². The SMILES string of the molecule is CCCCCOc1ccc2cc(-c3noc([C@H]4CCC[C@@H]4O)n3)ccc2c1.Cl. The predicted octanol–water partition coefficient (Wildman–Crippen LogP) is 5.51. The summed E-state index contributed by atoms with van der Waals surface area (Å²) in [7, 11) is 0. The third kappa shape index (κ3) is 4.47. The molecule has 0 spiro atoms. The number of hydrogen-bond acceptors (Lipinski definition) is 5. The fraction of sp³-hybridized carbons (Fsp3) is 0.455. The molecule has 1 aliphatic carbocycles. The number of nitrogens with zero attached hydrogens (tertiary/aromatic N) is 2. The lowest BCUT2D eigenvalue weighted by Gasteiger charge is -2.08. The first-order valence-electron chi connectivity index (χ1n) is 9.93. The minimum absolute atomic E-state index is 0. The number of ether oxygens (including phenoxy) is 1. The Bertz CT molecular complexity index is 912. The van der Waals surface area contributed by atoms with E-state index in [4.69, 9.17) is 9.26 Å². The maximum Gasteiger partial charge on any atom is 0.232 e. The molecule has 3 aromatic rings. The molecule has 0 bridgehead atoms. The zero-order chi connectivity index (χ0) is 18.6. The number of aromatic nitrogens is 2. The molecule has 1 fully saturated rings. The number of unbranched alkanes of at least 4 members (excludes halogenated alkanes) is 2. The summed E-state index contributed by atoms with van der Waals surface area (Å²) in [5.41, 5.74) is 0.918. The highest BCUT2D eigenvalue weighted by Crippen LogP contribution is 2.34. The van der Waals surface area contributed by atoms with Crippen LogP contribution in [-0.2, 0) is 0 Å². The van der Waals surface area contributed by atoms with Gasteiger partial charge in [0.25, 0.3) is 0 Å². The number of rotatable bonds is 7. The van der Waals surface area contributed by atoms with Crippen LogP contribution in [0.4, 0.5) is 0 Å². The highest BCUT2D eigenvalue weighted by molar-refractivity contribution is 5.87. The fourth-order valence-corrected chi connectivity index (χ4v) is 3.73. The maximum absolute atomic E-state index is 10.0. The van der Waals surface area contributed by atoms with Gasteiger partial charge < -0.3 is 14.4 Å². The summed E-state index contributed by atoms with van der Waals surface area (Å²) in [6.07, 6.45) is 5.82. The normalized spacial score (nSPS) is 18.9. The molecule has 0 saturated heterocycles. The number of fused-ring (bicyclic) bond motifs is 1. The van der Waals surface area contributed by atoms with Crippen molar-refractivity contribution in [2.45, 2.75) is 57.5 Å². The Morgan fingerprint density at radius 3 is 2.71 bits per heavy atom. The van der Waals surface area contributed by atoms with E-state index >= 15 is 0 Å². The Morgan fingerprint density at radius 1 is 1.11 bits per heavy atom. The van der Waals surface area contributed by atoms with Gasteiger partial charge in [0.1, 0.15) is 5.75 Å². The van der Waals surface area contributed by atoms with Gasteiger partial charge in [0, 0.05) is 5.56 Å². The van der Waals surface area contributed by atoms with Crippen LogP contribution >= 0.6 is 12.4 Å². The second kappa shape index (κ2) is 9.39. The molecule has 0 aliphatic heterocycles. The van der Waals surface area contributed by atoms with Gasteiger partial charge in [0.15, 0.2) is 0 Å². The van der Waals surface area contributed by atoms with Gasteiger partial charge in [-0.05, 0) is 54.7 Å². The van der Waals surface area contributed by atoms with Crippen molar-refractivity contribution in [1.29, 1.82) is 0 Å². The molecule has 0 unspecified atom stereocenters. The first-order valence-corrected chi connectivity index (χ1v) is 9.93. The topological polar surface area (TPSA) is 68.4 Å². The Labute approximate surface area is 171 Å². The first-order chi connectivity index (χ1) is 13.2. The minimum Gasteiger partial charge on any atom is -0.494 e. The summed E-state index contributed by atoms with van der Waals surface area (Å²) < 4.78 is 11.3. The second-order valence-electron chi connectivity index (χ2n) is 7.34. The van der Waals surface area contributed by atoms with E-state index in [2.05, 4.69) is 41.3 Å². The van der Waals surface area contributed by atoms with Crippen molar-refractivity contribution in [3.8, 4) is 17.1 Å². The average Bonchev–Trinajstić information content (AvgIpc) is 3.33. The van der Waals surface area contributed by atoms with Crippen molar-refractivity contribution in [3.05, 3.63) is 42.3 Å². The van der Waals surface area contributed by atoms with Gasteiger partial charge in [0.2, 0.25) is 11.7 Å². The van der Waals surface area contributed by atoms with E-state index < -0.39 is 0 Å². The van der Waals surface area contributed by atoms with Crippen molar-refractivity contribution in [3.63, 3.8) is 0 Å². The largest absolute Gasteiger partial charge is 0.494 e. The molecule has 1 N–H and O–H groups in total. The molecular formula is C22H27ClN2O3. The van der Waals surface area contributed by atoms with Crippen LogP contribution in [-0.4, -0.2) is 28.0 Å². The van der Waals surface area contributed by atoms with Gasteiger partial charge in [-0.15, -0.1) is 12.4 Å². The van der Waals surface area contributed by atoms with Gasteiger partial charge in [-0.1, -0.05) is 43.1 Å². The van der Waals surface area contributed by atoms with Crippen LogP contribution in [0, 0.1) is 0 Å². The quantitative estimate of drug-likeness (QED) is 0.528. The predicted molar refractivity (Wildman–Crippen MR) is 112 cm³/mol. The standard InChI is InChI=1S/C22H26N2O3.ClH/c1-2-3-4-12-26-18-11-10-15-13-17(9-8-16(15)14-18)21-23-22(27-24-21)19-6-5-7-20(19)25;/h8-11,13-14,19-20,25H,2-7,12H2,1H3;1H/t19-,20-;/m0./s1. The number of hydrogen-bond donors (Lipinski definition) is 1. The molecule has 0 amide bonds. The second-order valence-corrected chi connectivity index (χ2v) is 7.34. The Hall–Kier alpha value is -2.11. The van der Waals surface area contributed by atoms with E-state index in [0.717, 1.165) is 54.4 Å². The van der Waals surface area contributed by atoms with Crippen LogP contribution < -0.4 is 4.74 Å². The van der Waals surface area contributed by atoms with E-state index in [1.165, 1.54) is 12.8 Å². The van der Waals surface area contributed by atoms with Crippen LogP contribution in [0.25, 0.3) is 22.2 Å². The number of aliphatic hydroxyl groups excluding tert-OH is 1. The highest BCUT2D eigenvalue weighted by Gasteiger charge is 2.31. The summed E-state index contributed by atoms with van der Waals surface area (Å²) in [5.74, 6) is 2.00. The summed E-state index contributed by atoms with van der Waals surface area (Å²) in [6.45, 7) is 2.95. The highest BCUT2D eigenvalue weighted by atomic mass is 35.5. The van der Waals surface area contributed by atoms with Gasteiger partial charge in [-0.2, -0.15) is 4.98 Å². The molecule has 1 saturated carbocycles. The van der Waals surface area contributed by atoms with E-state index in [1.807, 2.05) is 12.1 Å². The lowest BCUT2D eigenvalue weighted by molar-refractivity contribution is 0.148. The van der Waals surface area contributed by atoms with Crippen molar-refractivity contribution >= 4 is 23.2 Å². The Morgan fingerprint density at radius 2 is 1.93 bits per heavy atom. The molecule has 1 heterocycles. The molecule has 28 heavy (non-hydrogen) atoms. The minimum atomic E-state index is -0.370. The van der Waals surface area contributed by atoms with Crippen LogP contribution in [0.3, 0.4) is 0 Å². The van der Waals surface area contributed by atoms with Gasteiger partial charge >= 0.3 is 0 Å². The molecule has 4 rings (SSSR count). The zero-order valence-corrected chi connectivity index (χ0v) is 17.0. The third-order valence-corrected chi connectivity index (χ3v) is 5.32. The molecule has 1 aromatic heterocycles. The molecule has 5 nitrogen and oxygen atoms in total. The van der Waals surface area contributed by atoms with Crippen LogP contribution in [0.2, 0.25) is 0 Å². The number of aliphatic hydroxyl groups is 1. The van der Waals surface area contributed by atoms with Crippen molar-refractivity contribution in [2.24, 2.45) is 0 Å². The maximum atomic E-state index is 10.0. The van der Waals surface area contributed by atoms with E-state index in [-0.39, 0.29) is 24.4 Å².